The van der Waals surface area contributed by atoms with E-state index in [4.69, 9.17) is 19.4 Å². The first-order valence-electron chi connectivity index (χ1n) is 7.52. The van der Waals surface area contributed by atoms with Gasteiger partial charge in [-0.3, -0.25) is 18.9 Å². The lowest BCUT2D eigenvalue weighted by atomic mass is 10.2. The van der Waals surface area contributed by atoms with E-state index < -0.39 is 59.8 Å². The summed E-state index contributed by atoms with van der Waals surface area (Å²) in [6, 6.07) is 0. The predicted octanol–water partition coefficient (Wildman–Crippen LogP) is -1.16. The molecule has 5 atom stereocenters. The van der Waals surface area contributed by atoms with Gasteiger partial charge in [-0.2, -0.15) is 8.62 Å². The molecule has 2 unspecified atom stereocenters. The highest BCUT2D eigenvalue weighted by Gasteiger charge is 2.42. The normalized spacial score (nSPS) is 26.8. The third kappa shape index (κ3) is 7.03. The van der Waals surface area contributed by atoms with Gasteiger partial charge in [0.15, 0.2) is 0 Å². The molecule has 0 spiro atoms. The third-order valence-corrected chi connectivity index (χ3v) is 7.28. The summed E-state index contributed by atoms with van der Waals surface area (Å²) < 4.78 is 51.3. The molecule has 19 heteroatoms. The molecular weight excluding hydrogens is 467 g/mol. The Morgan fingerprint density at radius 3 is 2.38 bits per heavy atom. The van der Waals surface area contributed by atoms with Crippen LogP contribution in [0.2, 0.25) is 0 Å². The fourth-order valence-corrected chi connectivity index (χ4v) is 5.34. The Kier molecular flexibility index (Phi) is 7.23. The molecular formula is C10H17N2O14P3. The van der Waals surface area contributed by atoms with Crippen molar-refractivity contribution in [3.8, 4) is 0 Å². The minimum Gasteiger partial charge on any atom is -0.390 e. The lowest BCUT2D eigenvalue weighted by molar-refractivity contribution is -0.0450. The quantitative estimate of drug-likeness (QED) is 0.238. The smallest absolute Gasteiger partial charge is 0.390 e. The first kappa shape index (κ1) is 24.3. The number of hydrogen-bond donors (Lipinski definition) is 6. The number of phosphoric ester groups is 1. The van der Waals surface area contributed by atoms with E-state index in [0.29, 0.717) is 0 Å². The van der Waals surface area contributed by atoms with E-state index in [1.54, 1.807) is 0 Å². The molecule has 2 heterocycles. The Bertz CT molecular complexity index is 1010. The summed E-state index contributed by atoms with van der Waals surface area (Å²) >= 11 is 0. The molecule has 2 rings (SSSR count). The van der Waals surface area contributed by atoms with Gasteiger partial charge in [0, 0.05) is 18.2 Å². The van der Waals surface area contributed by atoms with Crippen LogP contribution in [0.3, 0.4) is 0 Å². The number of aliphatic hydroxyl groups is 1. The van der Waals surface area contributed by atoms with Crippen molar-refractivity contribution in [1.29, 1.82) is 0 Å². The van der Waals surface area contributed by atoms with Crippen LogP contribution < -0.4 is 11.2 Å². The molecule has 0 bridgehead atoms. The van der Waals surface area contributed by atoms with Gasteiger partial charge in [0.25, 0.3) is 5.56 Å². The fourth-order valence-electron chi connectivity index (χ4n) is 2.31. The van der Waals surface area contributed by atoms with Gasteiger partial charge in [-0.25, -0.2) is 18.5 Å². The third-order valence-electron chi connectivity index (χ3n) is 3.48. The molecule has 0 aliphatic carbocycles. The largest absolute Gasteiger partial charge is 0.490 e. The average molecular weight is 484 g/mol. The van der Waals surface area contributed by atoms with Crippen LogP contribution in [0, 0.1) is 6.92 Å². The summed E-state index contributed by atoms with van der Waals surface area (Å²) in [4.78, 5) is 60.6. The van der Waals surface area contributed by atoms with Crippen molar-refractivity contribution in [3.63, 3.8) is 0 Å². The first-order chi connectivity index (χ1) is 13.1. The van der Waals surface area contributed by atoms with Gasteiger partial charge < -0.3 is 29.4 Å². The molecule has 16 nitrogen and oxygen atoms in total. The van der Waals surface area contributed by atoms with E-state index in [9.17, 15) is 33.3 Å². The molecule has 1 aromatic rings. The van der Waals surface area contributed by atoms with Crippen molar-refractivity contribution in [3.05, 3.63) is 32.6 Å². The van der Waals surface area contributed by atoms with Crippen LogP contribution in [-0.4, -0.2) is 53.0 Å². The van der Waals surface area contributed by atoms with Crippen LogP contribution in [0.25, 0.3) is 0 Å². The number of aryl methyl sites for hydroxylation is 1. The van der Waals surface area contributed by atoms with E-state index in [2.05, 4.69) is 13.1 Å². The van der Waals surface area contributed by atoms with Gasteiger partial charge in [0.2, 0.25) is 0 Å². The maximum Gasteiger partial charge on any atom is 0.490 e. The number of phosphoric acid groups is 3. The van der Waals surface area contributed by atoms with Crippen molar-refractivity contribution >= 4 is 23.5 Å². The summed E-state index contributed by atoms with van der Waals surface area (Å²) in [7, 11) is -16.6. The summed E-state index contributed by atoms with van der Waals surface area (Å²) in [6.45, 7) is 0.547. The number of H-pyrrole nitrogens is 1. The number of hydrogen-bond acceptors (Lipinski definition) is 10. The lowest BCUT2D eigenvalue weighted by Crippen LogP contribution is -2.33. The van der Waals surface area contributed by atoms with Crippen LogP contribution in [0.1, 0.15) is 18.2 Å². The Balaban J connectivity index is 2.03. The van der Waals surface area contributed by atoms with Crippen LogP contribution in [0.15, 0.2) is 15.8 Å². The monoisotopic (exact) mass is 484 g/mol. The number of aromatic nitrogens is 2. The zero-order chi connectivity index (χ0) is 22.2. The standard InChI is InChI=1S/C10H17N2O14P3/c1-5-3-12(10(15)11-9(5)14)8-2-6(13)7(24-8)4-23-28(19,20)26-29(21,22)25-27(16,17)18/h3,6-8,13H,2,4H2,1H3,(H,19,20)(H,21,22)(H,11,14,15)(H2,16,17,18)/t6-,7-,8-/m1/s1/i11+1,12+1. The van der Waals surface area contributed by atoms with E-state index in [0.717, 1.165) is 4.57 Å². The van der Waals surface area contributed by atoms with Gasteiger partial charge in [-0.05, 0) is 6.92 Å². The van der Waals surface area contributed by atoms with Crippen LogP contribution in [0.4, 0.5) is 0 Å². The molecule has 0 amide bonds. The second-order valence-electron chi connectivity index (χ2n) is 5.80. The van der Waals surface area contributed by atoms with Crippen molar-refractivity contribution in [2.24, 2.45) is 0 Å². The SMILES string of the molecule is Cc1c[15n]([C@H]2C[C@@H](O)[C@@H](COP(=O)(O)OP(=O)(O)OP(=O)(O)O)O2)c(=O)[15nH]c1=O. The molecule has 1 aliphatic heterocycles. The highest BCUT2D eigenvalue weighted by molar-refractivity contribution is 7.66. The topological polar surface area (TPSA) is 244 Å². The minimum absolute atomic E-state index is 0.171. The van der Waals surface area contributed by atoms with Gasteiger partial charge >= 0.3 is 29.2 Å². The van der Waals surface area contributed by atoms with E-state index in [1.165, 1.54) is 13.1 Å². The second kappa shape index (κ2) is 8.63. The zero-order valence-electron chi connectivity index (χ0n) is 14.4. The molecule has 0 aromatic carbocycles. The molecule has 6 N–H and O–H groups in total. The number of aromatic amines is 1. The summed E-state index contributed by atoms with van der Waals surface area (Å²) in [5.74, 6) is 0. The Hall–Kier alpha value is -0.990. The van der Waals surface area contributed by atoms with Crippen LogP contribution in [0.5, 0.6) is 0 Å². The highest BCUT2D eigenvalue weighted by Crippen LogP contribution is 2.66. The van der Waals surface area contributed by atoms with Crippen LogP contribution in [-0.2, 0) is 31.6 Å². The molecule has 29 heavy (non-hydrogen) atoms. The van der Waals surface area contributed by atoms with Gasteiger partial charge in [0.1, 0.15) is 12.3 Å². The molecule has 1 aliphatic rings. The fraction of sp³-hybridized carbons (Fsp3) is 0.600. The molecule has 1 saturated heterocycles. The first-order valence-corrected chi connectivity index (χ1v) is 12.0. The number of aliphatic hydroxyl groups excluding tert-OH is 1. The molecule has 0 saturated carbocycles. The summed E-state index contributed by atoms with van der Waals surface area (Å²) in [5, 5.41) is 9.98. The van der Waals surface area contributed by atoms with Crippen LogP contribution >= 0.6 is 23.5 Å². The molecule has 1 aromatic heterocycles. The Morgan fingerprint density at radius 2 is 1.79 bits per heavy atom. The Morgan fingerprint density at radius 1 is 1.17 bits per heavy atom. The van der Waals surface area contributed by atoms with Crippen molar-refractivity contribution < 1.29 is 56.3 Å². The predicted molar refractivity (Wildman–Crippen MR) is 90.4 cm³/mol. The van der Waals surface area contributed by atoms with Gasteiger partial charge in [-0.1, -0.05) is 0 Å². The van der Waals surface area contributed by atoms with E-state index in [1.807, 2.05) is 4.98 Å². The minimum atomic E-state index is -5.67. The maximum atomic E-state index is 11.9. The van der Waals surface area contributed by atoms with Crippen molar-refractivity contribution in [1.82, 2.24) is 9.55 Å². The molecule has 166 valence electrons. The number of rotatable bonds is 8. The van der Waals surface area contributed by atoms with E-state index in [-0.39, 0.29) is 12.0 Å². The number of nitrogens with one attached hydrogen (secondary N) is 1. The Labute approximate surface area is 161 Å². The summed E-state index contributed by atoms with van der Waals surface area (Å²) in [6.07, 6.45) is -2.67. The van der Waals surface area contributed by atoms with Crippen molar-refractivity contribution in [2.75, 3.05) is 6.61 Å². The second-order valence-corrected chi connectivity index (χ2v) is 10.2. The zero-order valence-corrected chi connectivity index (χ0v) is 17.1. The van der Waals surface area contributed by atoms with Gasteiger partial charge in [0.05, 0.1) is 12.7 Å². The molecule has 1 fully saturated rings. The average Bonchev–Trinajstić information content (AvgIpc) is 2.86. The number of ether oxygens (including phenoxy) is 1. The van der Waals surface area contributed by atoms with Crippen molar-refractivity contribution in [2.45, 2.75) is 31.8 Å². The lowest BCUT2D eigenvalue weighted by Gasteiger charge is -2.19. The van der Waals surface area contributed by atoms with Gasteiger partial charge in [-0.15, -0.1) is 0 Å². The van der Waals surface area contributed by atoms with E-state index >= 15 is 0 Å². The maximum absolute atomic E-state index is 11.9. The highest BCUT2D eigenvalue weighted by atomic mass is 31.3. The molecule has 0 radical (unpaired) electrons. The number of nitrogens with zero attached hydrogens (tertiary/aromatic N) is 1. The summed E-state index contributed by atoms with van der Waals surface area (Å²) in [5.41, 5.74) is -1.26.